The second-order valence-electron chi connectivity index (χ2n) is 6.08. The Hall–Kier alpha value is -0.490. The van der Waals surface area contributed by atoms with Crippen molar-refractivity contribution in [3.63, 3.8) is 0 Å². The van der Waals surface area contributed by atoms with Crippen LogP contribution in [0.4, 0.5) is 4.79 Å². The van der Waals surface area contributed by atoms with E-state index in [0.29, 0.717) is 6.42 Å². The lowest BCUT2D eigenvalue weighted by Crippen LogP contribution is -2.44. The molecule has 0 radical (unpaired) electrons. The number of halogens is 1. The van der Waals surface area contributed by atoms with Gasteiger partial charge in [0.2, 0.25) is 9.05 Å². The molecule has 0 fully saturated rings. The van der Waals surface area contributed by atoms with Gasteiger partial charge >= 0.3 is 6.09 Å². The maximum absolute atomic E-state index is 11.9. The van der Waals surface area contributed by atoms with E-state index in [4.69, 9.17) is 15.4 Å². The third-order valence-corrected chi connectivity index (χ3v) is 3.53. The minimum absolute atomic E-state index is 0.244. The van der Waals surface area contributed by atoms with Crippen LogP contribution in [-0.4, -0.2) is 43.9 Å². The minimum atomic E-state index is -3.67. The highest BCUT2D eigenvalue weighted by Gasteiger charge is 2.28. The van der Waals surface area contributed by atoms with E-state index in [1.165, 1.54) is 11.9 Å². The zero-order valence-electron chi connectivity index (χ0n) is 12.4. The quantitative estimate of drug-likeness (QED) is 0.732. The first-order chi connectivity index (χ1) is 8.32. The van der Waals surface area contributed by atoms with Gasteiger partial charge < -0.3 is 9.64 Å². The molecule has 5 nitrogen and oxygen atoms in total. The Kier molecular flexibility index (Phi) is 6.62. The number of hydrogen-bond acceptors (Lipinski definition) is 4. The zero-order valence-corrected chi connectivity index (χ0v) is 14.0. The van der Waals surface area contributed by atoms with Crippen LogP contribution < -0.4 is 0 Å². The largest absolute Gasteiger partial charge is 0.444 e. The van der Waals surface area contributed by atoms with Crippen LogP contribution in [0.3, 0.4) is 0 Å². The molecule has 7 heteroatoms. The lowest BCUT2D eigenvalue weighted by molar-refractivity contribution is 0.0224. The summed E-state index contributed by atoms with van der Waals surface area (Å²) in [6.45, 7) is 9.19. The van der Waals surface area contributed by atoms with Crippen LogP contribution >= 0.6 is 10.7 Å². The maximum atomic E-state index is 11.9. The third-order valence-electron chi connectivity index (χ3n) is 2.36. The van der Waals surface area contributed by atoms with E-state index in [0.717, 1.165) is 0 Å². The summed E-state index contributed by atoms with van der Waals surface area (Å²) in [6.07, 6.45) is 0.000260. The zero-order chi connectivity index (χ0) is 15.4. The highest BCUT2D eigenvalue weighted by atomic mass is 35.7. The van der Waals surface area contributed by atoms with Gasteiger partial charge in [0, 0.05) is 17.7 Å². The fourth-order valence-corrected chi connectivity index (χ4v) is 2.85. The normalized spacial score (nSPS) is 14.3. The molecule has 0 aliphatic heterocycles. The average molecular weight is 314 g/mol. The molecule has 0 bridgehead atoms. The molecule has 1 unspecified atom stereocenters. The average Bonchev–Trinajstić information content (AvgIpc) is 2.09. The van der Waals surface area contributed by atoms with E-state index >= 15 is 0 Å². The fraction of sp³-hybridized carbons (Fsp3) is 0.917. The second-order valence-corrected chi connectivity index (χ2v) is 8.90. The Morgan fingerprint density at radius 1 is 1.32 bits per heavy atom. The van der Waals surface area contributed by atoms with E-state index in [1.54, 1.807) is 20.8 Å². The summed E-state index contributed by atoms with van der Waals surface area (Å²) >= 11 is 0. The van der Waals surface area contributed by atoms with Crippen molar-refractivity contribution >= 4 is 25.8 Å². The summed E-state index contributed by atoms with van der Waals surface area (Å²) < 4.78 is 27.7. The molecule has 0 aliphatic rings. The third kappa shape index (κ3) is 9.10. The van der Waals surface area contributed by atoms with Crippen molar-refractivity contribution in [1.29, 1.82) is 0 Å². The summed E-state index contributed by atoms with van der Waals surface area (Å²) in [6, 6.07) is -0.489. The Labute approximate surface area is 120 Å². The number of rotatable bonds is 5. The molecule has 0 saturated heterocycles. The Morgan fingerprint density at radius 2 is 1.79 bits per heavy atom. The van der Waals surface area contributed by atoms with Crippen molar-refractivity contribution in [2.45, 2.75) is 52.7 Å². The first kappa shape index (κ1) is 18.5. The van der Waals surface area contributed by atoms with Crippen LogP contribution in [0.15, 0.2) is 0 Å². The van der Waals surface area contributed by atoms with Gasteiger partial charge in [-0.25, -0.2) is 13.2 Å². The fourth-order valence-electron chi connectivity index (χ4n) is 1.59. The standard InChI is InChI=1S/C12H24ClNO4S/c1-9(2)7-10(8-19(13,16)17)14(6)11(15)18-12(3,4)5/h9-10H,7-8H2,1-6H3. The second kappa shape index (κ2) is 6.79. The van der Waals surface area contributed by atoms with Crippen LogP contribution in [0.2, 0.25) is 0 Å². The highest BCUT2D eigenvalue weighted by molar-refractivity contribution is 8.13. The molecule has 114 valence electrons. The molecule has 19 heavy (non-hydrogen) atoms. The van der Waals surface area contributed by atoms with Crippen LogP contribution in [0, 0.1) is 5.92 Å². The van der Waals surface area contributed by atoms with Crippen molar-refractivity contribution < 1.29 is 17.9 Å². The molecule has 0 spiro atoms. The predicted molar refractivity (Wildman–Crippen MR) is 76.9 cm³/mol. The van der Waals surface area contributed by atoms with Crippen molar-refractivity contribution in [2.24, 2.45) is 5.92 Å². The lowest BCUT2D eigenvalue weighted by atomic mass is 10.0. The highest BCUT2D eigenvalue weighted by Crippen LogP contribution is 2.17. The molecule has 0 rings (SSSR count). The summed E-state index contributed by atoms with van der Waals surface area (Å²) in [5.41, 5.74) is -0.617. The van der Waals surface area contributed by atoms with E-state index in [1.807, 2.05) is 13.8 Å². The minimum Gasteiger partial charge on any atom is -0.444 e. The van der Waals surface area contributed by atoms with Crippen LogP contribution in [0.1, 0.15) is 41.0 Å². The van der Waals surface area contributed by atoms with Crippen LogP contribution in [0.25, 0.3) is 0 Å². The Morgan fingerprint density at radius 3 is 2.11 bits per heavy atom. The molecule has 0 saturated carbocycles. The lowest BCUT2D eigenvalue weighted by Gasteiger charge is -2.31. The van der Waals surface area contributed by atoms with E-state index in [9.17, 15) is 13.2 Å². The topological polar surface area (TPSA) is 63.7 Å². The summed E-state index contributed by atoms with van der Waals surface area (Å²) in [5, 5.41) is 0. The molecule has 0 aromatic carbocycles. The van der Waals surface area contributed by atoms with E-state index in [-0.39, 0.29) is 11.7 Å². The summed E-state index contributed by atoms with van der Waals surface area (Å²) in [4.78, 5) is 13.2. The van der Waals surface area contributed by atoms with Gasteiger partial charge in [0.1, 0.15) is 5.60 Å². The van der Waals surface area contributed by atoms with E-state index in [2.05, 4.69) is 0 Å². The molecular formula is C12H24ClNO4S. The first-order valence-electron chi connectivity index (χ1n) is 6.20. The first-order valence-corrected chi connectivity index (χ1v) is 8.68. The summed E-state index contributed by atoms with van der Waals surface area (Å²) in [5.74, 6) is -0.0315. The monoisotopic (exact) mass is 313 g/mol. The smallest absolute Gasteiger partial charge is 0.410 e. The Bertz CT molecular complexity index is 400. The Balaban J connectivity index is 4.89. The SMILES string of the molecule is CC(C)CC(CS(=O)(=O)Cl)N(C)C(=O)OC(C)(C)C. The molecule has 0 aromatic heterocycles. The number of ether oxygens (including phenoxy) is 1. The van der Waals surface area contributed by atoms with Crippen molar-refractivity contribution in [3.8, 4) is 0 Å². The molecule has 0 aliphatic carbocycles. The van der Waals surface area contributed by atoms with Gasteiger partial charge in [-0.3, -0.25) is 0 Å². The van der Waals surface area contributed by atoms with Gasteiger partial charge in [0.25, 0.3) is 0 Å². The molecule has 1 atom stereocenters. The maximum Gasteiger partial charge on any atom is 0.410 e. The molecular weight excluding hydrogens is 290 g/mol. The van der Waals surface area contributed by atoms with Gasteiger partial charge in [-0.1, -0.05) is 13.8 Å². The molecule has 1 amide bonds. The van der Waals surface area contributed by atoms with Crippen LogP contribution in [-0.2, 0) is 13.8 Å². The number of carbonyl (C=O) groups is 1. The van der Waals surface area contributed by atoms with Gasteiger partial charge in [0.15, 0.2) is 0 Å². The van der Waals surface area contributed by atoms with Crippen molar-refractivity contribution in [2.75, 3.05) is 12.8 Å². The molecule has 0 N–H and O–H groups in total. The van der Waals surface area contributed by atoms with E-state index < -0.39 is 26.8 Å². The molecule has 0 aromatic rings. The van der Waals surface area contributed by atoms with Crippen LogP contribution in [0.5, 0.6) is 0 Å². The van der Waals surface area contributed by atoms with Gasteiger partial charge in [0.05, 0.1) is 11.8 Å². The summed E-state index contributed by atoms with van der Waals surface area (Å²) in [7, 11) is 3.15. The van der Waals surface area contributed by atoms with Gasteiger partial charge in [-0.05, 0) is 33.1 Å². The number of carbonyl (C=O) groups excluding carboxylic acids is 1. The predicted octanol–water partition coefficient (Wildman–Crippen LogP) is 2.84. The number of hydrogen-bond donors (Lipinski definition) is 0. The van der Waals surface area contributed by atoms with Gasteiger partial charge in [-0.15, -0.1) is 0 Å². The number of nitrogens with zero attached hydrogens (tertiary/aromatic N) is 1. The molecule has 0 heterocycles. The van der Waals surface area contributed by atoms with Crippen molar-refractivity contribution in [3.05, 3.63) is 0 Å². The van der Waals surface area contributed by atoms with Gasteiger partial charge in [-0.2, -0.15) is 0 Å². The van der Waals surface area contributed by atoms with Crippen molar-refractivity contribution in [1.82, 2.24) is 4.90 Å². The number of amides is 1.